The number of ether oxygens (including phenoxy) is 2. The van der Waals surface area contributed by atoms with Crippen LogP contribution in [-0.4, -0.2) is 13.0 Å². The molecule has 3 rings (SSSR count). The van der Waals surface area contributed by atoms with Crippen LogP contribution in [-0.2, 0) is 11.4 Å². The predicted molar refractivity (Wildman–Crippen MR) is 132 cm³/mol. The van der Waals surface area contributed by atoms with E-state index in [1.807, 2.05) is 18.2 Å². The third-order valence-electron chi connectivity index (χ3n) is 4.40. The summed E-state index contributed by atoms with van der Waals surface area (Å²) in [6, 6.07) is 16.9. The van der Waals surface area contributed by atoms with Crippen LogP contribution in [0.25, 0.3) is 6.08 Å². The maximum Gasteiger partial charge on any atom is 0.266 e. The largest absolute Gasteiger partial charge is 0.493 e. The van der Waals surface area contributed by atoms with Crippen molar-refractivity contribution in [1.82, 2.24) is 0 Å². The SMILES string of the molecule is COc1cc(/C=C(\C#N)C(=O)Nc2ccc(Cl)c(Cl)c2)cc(Cl)c1OCc1ccc(Cl)cc1. The maximum absolute atomic E-state index is 12.6. The van der Waals surface area contributed by atoms with Gasteiger partial charge in [0.05, 0.1) is 22.2 Å². The monoisotopic (exact) mass is 520 g/mol. The van der Waals surface area contributed by atoms with Crippen molar-refractivity contribution >= 4 is 64.1 Å². The van der Waals surface area contributed by atoms with Gasteiger partial charge in [-0.15, -0.1) is 0 Å². The number of hydrogen-bond donors (Lipinski definition) is 1. The molecule has 168 valence electrons. The first-order valence-corrected chi connectivity index (χ1v) is 10.9. The highest BCUT2D eigenvalue weighted by Gasteiger charge is 2.15. The molecule has 1 amide bonds. The van der Waals surface area contributed by atoms with Gasteiger partial charge >= 0.3 is 0 Å². The van der Waals surface area contributed by atoms with Crippen LogP contribution in [0.1, 0.15) is 11.1 Å². The number of carbonyl (C=O) groups excluding carboxylic acids is 1. The van der Waals surface area contributed by atoms with Crippen molar-refractivity contribution in [2.24, 2.45) is 0 Å². The van der Waals surface area contributed by atoms with E-state index in [1.165, 1.54) is 19.3 Å². The van der Waals surface area contributed by atoms with Gasteiger partial charge in [-0.25, -0.2) is 0 Å². The second kappa shape index (κ2) is 11.3. The van der Waals surface area contributed by atoms with Gasteiger partial charge in [-0.05, 0) is 59.7 Å². The lowest BCUT2D eigenvalue weighted by molar-refractivity contribution is -0.112. The van der Waals surface area contributed by atoms with Crippen LogP contribution in [0.15, 0.2) is 60.2 Å². The Morgan fingerprint density at radius 3 is 2.36 bits per heavy atom. The van der Waals surface area contributed by atoms with Gasteiger partial charge in [0, 0.05) is 10.7 Å². The van der Waals surface area contributed by atoms with E-state index in [4.69, 9.17) is 55.9 Å². The Hall–Kier alpha value is -2.88. The number of nitriles is 1. The minimum atomic E-state index is -0.617. The van der Waals surface area contributed by atoms with Crippen molar-refractivity contribution in [3.8, 4) is 17.6 Å². The normalized spacial score (nSPS) is 11.0. The summed E-state index contributed by atoms with van der Waals surface area (Å²) in [6.07, 6.45) is 1.39. The van der Waals surface area contributed by atoms with E-state index in [-0.39, 0.29) is 22.2 Å². The molecule has 0 aliphatic heterocycles. The minimum absolute atomic E-state index is 0.144. The molecular weight excluding hydrogens is 506 g/mol. The lowest BCUT2D eigenvalue weighted by Crippen LogP contribution is -2.13. The van der Waals surface area contributed by atoms with E-state index in [2.05, 4.69) is 5.32 Å². The molecular formula is C24H16Cl4N2O3. The van der Waals surface area contributed by atoms with E-state index in [0.29, 0.717) is 32.8 Å². The van der Waals surface area contributed by atoms with Gasteiger partial charge in [0.1, 0.15) is 18.2 Å². The van der Waals surface area contributed by atoms with Crippen LogP contribution in [0, 0.1) is 11.3 Å². The Kier molecular flexibility index (Phi) is 8.49. The third-order valence-corrected chi connectivity index (χ3v) is 5.67. The molecule has 1 N–H and O–H groups in total. The molecule has 0 spiro atoms. The van der Waals surface area contributed by atoms with E-state index in [0.717, 1.165) is 5.56 Å². The fraction of sp³-hybridized carbons (Fsp3) is 0.0833. The van der Waals surface area contributed by atoms with Gasteiger partial charge in [0.25, 0.3) is 5.91 Å². The second-order valence-electron chi connectivity index (χ2n) is 6.70. The zero-order valence-corrected chi connectivity index (χ0v) is 20.2. The smallest absolute Gasteiger partial charge is 0.266 e. The number of carbonyl (C=O) groups is 1. The summed E-state index contributed by atoms with van der Waals surface area (Å²) >= 11 is 24.2. The van der Waals surface area contributed by atoms with Crippen LogP contribution in [0.4, 0.5) is 5.69 Å². The van der Waals surface area contributed by atoms with E-state index < -0.39 is 5.91 Å². The number of nitrogens with zero attached hydrogens (tertiary/aromatic N) is 1. The molecule has 9 heteroatoms. The Labute approximate surface area is 211 Å². The molecule has 0 aliphatic rings. The summed E-state index contributed by atoms with van der Waals surface area (Å²) in [5.74, 6) is 0.0731. The molecule has 0 fully saturated rings. The zero-order chi connectivity index (χ0) is 24.0. The van der Waals surface area contributed by atoms with Gasteiger partial charge < -0.3 is 14.8 Å². The molecule has 0 bridgehead atoms. The summed E-state index contributed by atoms with van der Waals surface area (Å²) in [6.45, 7) is 0.248. The summed E-state index contributed by atoms with van der Waals surface area (Å²) in [4.78, 5) is 12.6. The van der Waals surface area contributed by atoms with Gasteiger partial charge in [-0.1, -0.05) is 58.5 Å². The first-order valence-electron chi connectivity index (χ1n) is 9.43. The number of methoxy groups -OCH3 is 1. The van der Waals surface area contributed by atoms with E-state index in [1.54, 1.807) is 36.4 Å². The third kappa shape index (κ3) is 6.56. The molecule has 33 heavy (non-hydrogen) atoms. The summed E-state index contributed by atoms with van der Waals surface area (Å²) in [5.41, 5.74) is 1.63. The van der Waals surface area contributed by atoms with E-state index in [9.17, 15) is 10.1 Å². The highest BCUT2D eigenvalue weighted by Crippen LogP contribution is 2.37. The molecule has 0 aliphatic carbocycles. The van der Waals surface area contributed by atoms with Crippen molar-refractivity contribution in [2.45, 2.75) is 6.61 Å². The van der Waals surface area contributed by atoms with Crippen LogP contribution in [0.5, 0.6) is 11.5 Å². The topological polar surface area (TPSA) is 71.3 Å². The average molecular weight is 522 g/mol. The summed E-state index contributed by atoms with van der Waals surface area (Å²) in [7, 11) is 1.47. The standard InChI is InChI=1S/C24H16Cl4N2O3/c1-32-22-10-15(9-21(28)23(22)33-13-14-2-4-17(25)5-3-14)8-16(12-29)24(31)30-18-6-7-19(26)20(27)11-18/h2-11H,13H2,1H3,(H,30,31)/b16-8+. The fourth-order valence-corrected chi connectivity index (χ4v) is 3.48. The van der Waals surface area contributed by atoms with Gasteiger partial charge in [-0.2, -0.15) is 5.26 Å². The Morgan fingerprint density at radius 2 is 1.73 bits per heavy atom. The number of amides is 1. The van der Waals surface area contributed by atoms with Crippen LogP contribution >= 0.6 is 46.4 Å². The quantitative estimate of drug-likeness (QED) is 0.259. The molecule has 3 aromatic carbocycles. The van der Waals surface area contributed by atoms with E-state index >= 15 is 0 Å². The molecule has 0 atom stereocenters. The van der Waals surface area contributed by atoms with Crippen molar-refractivity contribution in [1.29, 1.82) is 5.26 Å². The number of rotatable bonds is 7. The average Bonchev–Trinajstić information content (AvgIpc) is 2.79. The number of halogens is 4. The lowest BCUT2D eigenvalue weighted by Gasteiger charge is -2.14. The van der Waals surface area contributed by atoms with Crippen molar-refractivity contribution in [3.63, 3.8) is 0 Å². The van der Waals surface area contributed by atoms with Crippen molar-refractivity contribution in [3.05, 3.63) is 91.4 Å². The molecule has 0 saturated carbocycles. The predicted octanol–water partition coefficient (Wildman–Crippen LogP) is 7.43. The fourth-order valence-electron chi connectivity index (χ4n) is 2.79. The molecule has 0 radical (unpaired) electrons. The first kappa shape index (κ1) is 24.8. The minimum Gasteiger partial charge on any atom is -0.493 e. The molecule has 0 unspecified atom stereocenters. The number of benzene rings is 3. The van der Waals surface area contributed by atoms with Crippen molar-refractivity contribution < 1.29 is 14.3 Å². The molecule has 0 saturated heterocycles. The highest BCUT2D eigenvalue weighted by atomic mass is 35.5. The summed E-state index contributed by atoms with van der Waals surface area (Å²) < 4.78 is 11.2. The zero-order valence-electron chi connectivity index (χ0n) is 17.2. The molecule has 3 aromatic rings. The Bertz CT molecular complexity index is 1250. The van der Waals surface area contributed by atoms with Gasteiger partial charge in [0.15, 0.2) is 11.5 Å². The summed E-state index contributed by atoms with van der Waals surface area (Å²) in [5, 5.41) is 13.6. The second-order valence-corrected chi connectivity index (χ2v) is 8.36. The number of anilines is 1. The first-order chi connectivity index (χ1) is 15.8. The van der Waals surface area contributed by atoms with Crippen LogP contribution in [0.3, 0.4) is 0 Å². The van der Waals surface area contributed by atoms with Crippen LogP contribution < -0.4 is 14.8 Å². The Balaban J connectivity index is 1.81. The lowest BCUT2D eigenvalue weighted by atomic mass is 10.1. The number of hydrogen-bond acceptors (Lipinski definition) is 4. The molecule has 0 heterocycles. The number of nitrogens with one attached hydrogen (secondary N) is 1. The van der Waals surface area contributed by atoms with Crippen LogP contribution in [0.2, 0.25) is 20.1 Å². The van der Waals surface area contributed by atoms with Crippen molar-refractivity contribution in [2.75, 3.05) is 12.4 Å². The highest BCUT2D eigenvalue weighted by molar-refractivity contribution is 6.42. The van der Waals surface area contributed by atoms with Gasteiger partial charge in [0.2, 0.25) is 0 Å². The molecule has 0 aromatic heterocycles. The van der Waals surface area contributed by atoms with Gasteiger partial charge in [-0.3, -0.25) is 4.79 Å². The Morgan fingerprint density at radius 1 is 1.00 bits per heavy atom. The molecule has 5 nitrogen and oxygen atoms in total. The maximum atomic E-state index is 12.6.